The molecule has 9 atom stereocenters. The highest BCUT2D eigenvalue weighted by Gasteiger charge is 2.70. The van der Waals surface area contributed by atoms with Gasteiger partial charge in [0.1, 0.15) is 13.2 Å². The summed E-state index contributed by atoms with van der Waals surface area (Å²) in [5.41, 5.74) is -0.00799. The minimum Gasteiger partial charge on any atom is -0.481 e. The number of carboxylic acids is 1. The third-order valence-electron chi connectivity index (χ3n) is 14.3. The van der Waals surface area contributed by atoms with E-state index in [1.807, 2.05) is 13.0 Å². The summed E-state index contributed by atoms with van der Waals surface area (Å²) in [5, 5.41) is 10.2. The van der Waals surface area contributed by atoms with E-state index in [0.717, 1.165) is 44.9 Å². The van der Waals surface area contributed by atoms with Crippen LogP contribution < -0.4 is 0 Å². The van der Waals surface area contributed by atoms with E-state index in [2.05, 4.69) is 41.5 Å². The van der Waals surface area contributed by atoms with Crippen LogP contribution in [0.1, 0.15) is 106 Å². The molecule has 0 radical (unpaired) electrons. The molecule has 4 fully saturated rings. The second-order valence-corrected chi connectivity index (χ2v) is 17.0. The van der Waals surface area contributed by atoms with Gasteiger partial charge in [0.05, 0.1) is 31.3 Å². The number of rotatable bonds is 10. The fourth-order valence-electron chi connectivity index (χ4n) is 11.3. The Morgan fingerprint density at radius 2 is 1.60 bits per heavy atom. The third kappa shape index (κ3) is 5.52. The second-order valence-electron chi connectivity index (χ2n) is 17.0. The Hall–Kier alpha value is -1.77. The van der Waals surface area contributed by atoms with E-state index in [-0.39, 0.29) is 64.0 Å². The van der Waals surface area contributed by atoms with E-state index in [9.17, 15) is 19.5 Å². The standard InChI is InChI=1S/C37H58O8/c1-32(2)27-9-12-37(7)30(35(27,5)11-10-28(32)44-20-18-43-23-29(39)45-19-17-42-8)26(38)21-24-25-22-34(4,31(40)41)14-13-33(25,3)15-16-36(24,37)6/h21,25,27-28,30H,9-20,22-23H2,1-8H3,(H,40,41)/t25-,27-,28-,30+,33+,34-,35-,36+,37+/m0/s1. The first-order valence-corrected chi connectivity index (χ1v) is 17.3. The number of fused-ring (bicyclic) bond motifs is 7. The molecule has 0 spiro atoms. The summed E-state index contributed by atoms with van der Waals surface area (Å²) in [5.74, 6) is -0.442. The van der Waals surface area contributed by atoms with Crippen LogP contribution >= 0.6 is 0 Å². The molecular formula is C37H58O8. The van der Waals surface area contributed by atoms with Crippen LogP contribution in [0, 0.1) is 50.2 Å². The topological polar surface area (TPSA) is 108 Å². The summed E-state index contributed by atoms with van der Waals surface area (Å²) in [4.78, 5) is 38.7. The molecule has 5 rings (SSSR count). The van der Waals surface area contributed by atoms with Gasteiger partial charge in [-0.3, -0.25) is 9.59 Å². The molecule has 5 aliphatic rings. The Kier molecular flexibility index (Phi) is 9.24. The van der Waals surface area contributed by atoms with E-state index in [1.54, 1.807) is 7.11 Å². The number of hydrogen-bond acceptors (Lipinski definition) is 7. The summed E-state index contributed by atoms with van der Waals surface area (Å²) in [6, 6.07) is 0. The zero-order chi connectivity index (χ0) is 33.1. The van der Waals surface area contributed by atoms with Crippen molar-refractivity contribution in [3.8, 4) is 0 Å². The lowest BCUT2D eigenvalue weighted by Gasteiger charge is -2.70. The highest BCUT2D eigenvalue weighted by Crippen LogP contribution is 2.75. The number of ketones is 1. The number of allylic oxidation sites excluding steroid dienone is 2. The van der Waals surface area contributed by atoms with Gasteiger partial charge < -0.3 is 24.1 Å². The minimum atomic E-state index is -0.742. The molecule has 8 heteroatoms. The summed E-state index contributed by atoms with van der Waals surface area (Å²) < 4.78 is 21.9. The minimum absolute atomic E-state index is 0.0453. The molecule has 5 aliphatic carbocycles. The number of carbonyl (C=O) groups is 3. The molecule has 0 aromatic carbocycles. The number of aliphatic carboxylic acids is 1. The Morgan fingerprint density at radius 3 is 2.29 bits per heavy atom. The molecule has 0 aromatic rings. The van der Waals surface area contributed by atoms with E-state index >= 15 is 0 Å². The van der Waals surface area contributed by atoms with Crippen LogP contribution in [-0.2, 0) is 33.3 Å². The zero-order valence-electron chi connectivity index (χ0n) is 29.1. The summed E-state index contributed by atoms with van der Waals surface area (Å²) in [6.45, 7) is 17.3. The van der Waals surface area contributed by atoms with Gasteiger partial charge in [-0.25, -0.2) is 4.79 Å². The molecule has 8 nitrogen and oxygen atoms in total. The van der Waals surface area contributed by atoms with Gasteiger partial charge >= 0.3 is 11.9 Å². The van der Waals surface area contributed by atoms with Crippen molar-refractivity contribution in [3.05, 3.63) is 11.6 Å². The quantitative estimate of drug-likeness (QED) is 0.211. The van der Waals surface area contributed by atoms with E-state index in [1.165, 1.54) is 5.57 Å². The molecule has 0 unspecified atom stereocenters. The summed E-state index contributed by atoms with van der Waals surface area (Å²) >= 11 is 0. The molecule has 1 N–H and O–H groups in total. The number of esters is 1. The maximum absolute atomic E-state index is 14.6. The number of carbonyl (C=O) groups excluding carboxylic acids is 2. The van der Waals surface area contributed by atoms with E-state index < -0.39 is 17.4 Å². The fraction of sp³-hybridized carbons (Fsp3) is 0.865. The summed E-state index contributed by atoms with van der Waals surface area (Å²) in [7, 11) is 1.56. The molecular weight excluding hydrogens is 572 g/mol. The smallest absolute Gasteiger partial charge is 0.332 e. The molecule has 0 heterocycles. The highest BCUT2D eigenvalue weighted by atomic mass is 16.6. The first-order valence-electron chi connectivity index (χ1n) is 17.3. The average Bonchev–Trinajstić information content (AvgIpc) is 2.96. The van der Waals surface area contributed by atoms with Crippen LogP contribution in [0.2, 0.25) is 0 Å². The van der Waals surface area contributed by atoms with Gasteiger partial charge in [-0.1, -0.05) is 47.1 Å². The molecule has 254 valence electrons. The molecule has 0 saturated heterocycles. The van der Waals surface area contributed by atoms with Crippen molar-refractivity contribution in [1.29, 1.82) is 0 Å². The maximum Gasteiger partial charge on any atom is 0.332 e. The van der Waals surface area contributed by atoms with Gasteiger partial charge in [-0.15, -0.1) is 0 Å². The van der Waals surface area contributed by atoms with E-state index in [0.29, 0.717) is 38.6 Å². The van der Waals surface area contributed by atoms with Gasteiger partial charge in [0, 0.05) is 13.0 Å². The maximum atomic E-state index is 14.6. The SMILES string of the molecule is COCCOC(=O)COCCO[C@H]1CC[C@]2(C)[C@H]3C(=O)C=C4[C@@H]5C[C@@](C)(C(=O)O)CC[C@]5(C)CC[C@@]4(C)[C@]3(C)CC[C@H]2C1(C)C. The van der Waals surface area contributed by atoms with Gasteiger partial charge in [-0.05, 0) is 110 Å². The van der Waals surface area contributed by atoms with Crippen molar-refractivity contribution < 1.29 is 38.4 Å². The summed E-state index contributed by atoms with van der Waals surface area (Å²) in [6.07, 6.45) is 10.3. The lowest BCUT2D eigenvalue weighted by atomic mass is 9.33. The first-order chi connectivity index (χ1) is 21.0. The van der Waals surface area contributed by atoms with Crippen LogP contribution in [0.25, 0.3) is 0 Å². The predicted octanol–water partition coefficient (Wildman–Crippen LogP) is 6.64. The number of methoxy groups -OCH3 is 1. The number of hydrogen-bond donors (Lipinski definition) is 1. The van der Waals surface area contributed by atoms with Crippen molar-refractivity contribution in [2.45, 2.75) is 112 Å². The number of carboxylic acid groups (broad SMARTS) is 1. The van der Waals surface area contributed by atoms with Gasteiger partial charge in [0.15, 0.2) is 5.78 Å². The lowest BCUT2D eigenvalue weighted by molar-refractivity contribution is -0.210. The Bertz CT molecular complexity index is 1210. The Morgan fingerprint density at radius 1 is 0.889 bits per heavy atom. The normalized spacial score (nSPS) is 43.6. The van der Waals surface area contributed by atoms with Crippen molar-refractivity contribution in [1.82, 2.24) is 0 Å². The predicted molar refractivity (Wildman–Crippen MR) is 170 cm³/mol. The van der Waals surface area contributed by atoms with Crippen LogP contribution in [-0.4, -0.2) is 69.1 Å². The molecule has 45 heavy (non-hydrogen) atoms. The first kappa shape index (κ1) is 34.6. The van der Waals surface area contributed by atoms with Gasteiger partial charge in [0.25, 0.3) is 0 Å². The average molecular weight is 631 g/mol. The fourth-order valence-corrected chi connectivity index (χ4v) is 11.3. The van der Waals surface area contributed by atoms with Gasteiger partial charge in [0.2, 0.25) is 0 Å². The van der Waals surface area contributed by atoms with Crippen LogP contribution in [0.15, 0.2) is 11.6 Å². The lowest BCUT2D eigenvalue weighted by Crippen LogP contribution is -2.66. The molecule has 0 aliphatic heterocycles. The Balaban J connectivity index is 1.32. The van der Waals surface area contributed by atoms with Crippen LogP contribution in [0.3, 0.4) is 0 Å². The zero-order valence-corrected chi connectivity index (χ0v) is 29.1. The third-order valence-corrected chi connectivity index (χ3v) is 14.3. The number of ether oxygens (including phenoxy) is 4. The molecule has 0 aromatic heterocycles. The second kappa shape index (κ2) is 12.0. The van der Waals surface area contributed by atoms with Crippen molar-refractivity contribution in [2.24, 2.45) is 50.2 Å². The van der Waals surface area contributed by atoms with E-state index in [4.69, 9.17) is 18.9 Å². The van der Waals surface area contributed by atoms with Crippen LogP contribution in [0.4, 0.5) is 0 Å². The monoisotopic (exact) mass is 630 g/mol. The van der Waals surface area contributed by atoms with Crippen molar-refractivity contribution in [3.63, 3.8) is 0 Å². The van der Waals surface area contributed by atoms with Gasteiger partial charge in [-0.2, -0.15) is 0 Å². The largest absolute Gasteiger partial charge is 0.481 e. The highest BCUT2D eigenvalue weighted by molar-refractivity contribution is 5.95. The molecule has 4 saturated carbocycles. The van der Waals surface area contributed by atoms with Crippen molar-refractivity contribution >= 4 is 17.7 Å². The molecule has 0 bridgehead atoms. The Labute approximate surface area is 270 Å². The molecule has 0 amide bonds. The van der Waals surface area contributed by atoms with Crippen LogP contribution in [0.5, 0.6) is 0 Å². The van der Waals surface area contributed by atoms with Crippen molar-refractivity contribution in [2.75, 3.05) is 40.1 Å².